The average Bonchev–Trinajstić information content (AvgIpc) is 2.51. The molecule has 20 heavy (non-hydrogen) atoms. The second-order valence-electron chi connectivity index (χ2n) is 4.52. The lowest BCUT2D eigenvalue weighted by Crippen LogP contribution is -1.93. The van der Waals surface area contributed by atoms with E-state index in [2.05, 4.69) is 29.6 Å². The number of rotatable bonds is 3. The van der Waals surface area contributed by atoms with Gasteiger partial charge in [-0.25, -0.2) is 0 Å². The molecule has 0 spiro atoms. The van der Waals surface area contributed by atoms with Gasteiger partial charge in [-0.2, -0.15) is 0 Å². The van der Waals surface area contributed by atoms with Gasteiger partial charge in [0.05, 0.1) is 10.7 Å². The van der Waals surface area contributed by atoms with Crippen LogP contribution in [0, 0.1) is 0 Å². The number of hydrogen-bond acceptors (Lipinski definition) is 1. The number of halogens is 1. The van der Waals surface area contributed by atoms with Crippen LogP contribution in [-0.4, -0.2) is 0 Å². The fraction of sp³-hybridized carbons (Fsp3) is 0. The monoisotopic (exact) mass is 279 g/mol. The summed E-state index contributed by atoms with van der Waals surface area (Å²) in [6, 6.07) is 26.3. The molecule has 0 atom stereocenters. The van der Waals surface area contributed by atoms with Crippen LogP contribution >= 0.6 is 11.6 Å². The third-order valence-corrected chi connectivity index (χ3v) is 3.48. The molecule has 3 aromatic carbocycles. The molecule has 98 valence electrons. The Bertz CT molecular complexity index is 707. The van der Waals surface area contributed by atoms with E-state index >= 15 is 0 Å². The second-order valence-corrected chi connectivity index (χ2v) is 4.92. The number of hydrogen-bond donors (Lipinski definition) is 1. The van der Waals surface area contributed by atoms with Gasteiger partial charge in [-0.05, 0) is 23.8 Å². The van der Waals surface area contributed by atoms with Crippen molar-refractivity contribution < 1.29 is 0 Å². The third kappa shape index (κ3) is 2.68. The van der Waals surface area contributed by atoms with Crippen LogP contribution in [0.2, 0.25) is 5.02 Å². The minimum absolute atomic E-state index is 0.718. The van der Waals surface area contributed by atoms with E-state index in [1.165, 1.54) is 5.56 Å². The summed E-state index contributed by atoms with van der Waals surface area (Å²) >= 11 is 6.21. The summed E-state index contributed by atoms with van der Waals surface area (Å²) in [6.45, 7) is 0. The quantitative estimate of drug-likeness (QED) is 0.643. The summed E-state index contributed by atoms with van der Waals surface area (Å²) in [6.07, 6.45) is 0. The predicted molar refractivity (Wildman–Crippen MR) is 86.6 cm³/mol. The maximum Gasteiger partial charge on any atom is 0.0640 e. The molecular weight excluding hydrogens is 266 g/mol. The first-order chi connectivity index (χ1) is 9.84. The first kappa shape index (κ1) is 12.8. The lowest BCUT2D eigenvalue weighted by atomic mass is 10.0. The van der Waals surface area contributed by atoms with Crippen molar-refractivity contribution in [2.24, 2.45) is 0 Å². The molecule has 1 nitrogen and oxygen atoms in total. The molecule has 0 heterocycles. The van der Waals surface area contributed by atoms with Crippen molar-refractivity contribution in [3.05, 3.63) is 83.9 Å². The van der Waals surface area contributed by atoms with Gasteiger partial charge in [0.15, 0.2) is 0 Å². The molecule has 0 aliphatic rings. The molecule has 3 aromatic rings. The lowest BCUT2D eigenvalue weighted by molar-refractivity contribution is 1.53. The summed E-state index contributed by atoms with van der Waals surface area (Å²) in [4.78, 5) is 0. The highest BCUT2D eigenvalue weighted by Gasteiger charge is 2.05. The highest BCUT2D eigenvalue weighted by Crippen LogP contribution is 2.32. The third-order valence-electron chi connectivity index (χ3n) is 3.16. The minimum atomic E-state index is 0.718. The van der Waals surface area contributed by atoms with Crippen LogP contribution in [-0.2, 0) is 0 Å². The Labute approximate surface area is 123 Å². The summed E-state index contributed by atoms with van der Waals surface area (Å²) in [5.74, 6) is 0. The fourth-order valence-corrected chi connectivity index (χ4v) is 2.35. The van der Waals surface area contributed by atoms with Crippen molar-refractivity contribution >= 4 is 23.0 Å². The van der Waals surface area contributed by atoms with Crippen molar-refractivity contribution in [1.82, 2.24) is 0 Å². The molecule has 0 unspecified atom stereocenters. The van der Waals surface area contributed by atoms with E-state index in [0.29, 0.717) is 0 Å². The Morgan fingerprint density at radius 1 is 0.600 bits per heavy atom. The maximum atomic E-state index is 6.21. The Kier molecular flexibility index (Phi) is 3.71. The van der Waals surface area contributed by atoms with Gasteiger partial charge in [0.2, 0.25) is 0 Å². The average molecular weight is 280 g/mol. The summed E-state index contributed by atoms with van der Waals surface area (Å²) in [5.41, 5.74) is 4.31. The van der Waals surface area contributed by atoms with Crippen LogP contribution in [0.15, 0.2) is 78.9 Å². The van der Waals surface area contributed by atoms with Crippen LogP contribution < -0.4 is 5.32 Å². The molecule has 2 heteroatoms. The number of nitrogens with one attached hydrogen (secondary N) is 1. The van der Waals surface area contributed by atoms with Crippen LogP contribution in [0.1, 0.15) is 0 Å². The fourth-order valence-electron chi connectivity index (χ4n) is 2.17. The van der Waals surface area contributed by atoms with E-state index in [0.717, 1.165) is 22.0 Å². The summed E-state index contributed by atoms with van der Waals surface area (Å²) in [7, 11) is 0. The maximum absolute atomic E-state index is 6.21. The zero-order valence-electron chi connectivity index (χ0n) is 10.9. The Morgan fingerprint density at radius 3 is 1.95 bits per heavy atom. The predicted octanol–water partition coefficient (Wildman–Crippen LogP) is 5.75. The van der Waals surface area contributed by atoms with Gasteiger partial charge in [-0.1, -0.05) is 72.3 Å². The zero-order valence-corrected chi connectivity index (χ0v) is 11.6. The van der Waals surface area contributed by atoms with Gasteiger partial charge in [0.1, 0.15) is 0 Å². The Morgan fingerprint density at radius 2 is 1.20 bits per heavy atom. The number of benzene rings is 3. The normalized spacial score (nSPS) is 10.2. The molecule has 3 rings (SSSR count). The van der Waals surface area contributed by atoms with Crippen LogP contribution in [0.25, 0.3) is 11.1 Å². The van der Waals surface area contributed by atoms with E-state index in [4.69, 9.17) is 11.6 Å². The number of anilines is 2. The van der Waals surface area contributed by atoms with E-state index in [1.54, 1.807) is 0 Å². The van der Waals surface area contributed by atoms with Crippen molar-refractivity contribution in [3.63, 3.8) is 0 Å². The second kappa shape index (κ2) is 5.81. The lowest BCUT2D eigenvalue weighted by Gasteiger charge is -2.13. The van der Waals surface area contributed by atoms with Gasteiger partial charge in [-0.15, -0.1) is 0 Å². The summed E-state index contributed by atoms with van der Waals surface area (Å²) in [5, 5.41) is 4.13. The zero-order chi connectivity index (χ0) is 13.8. The van der Waals surface area contributed by atoms with Crippen LogP contribution in [0.5, 0.6) is 0 Å². The van der Waals surface area contributed by atoms with Crippen LogP contribution in [0.4, 0.5) is 11.4 Å². The molecular formula is C18H14ClN. The molecule has 1 N–H and O–H groups in total. The van der Waals surface area contributed by atoms with Crippen molar-refractivity contribution in [2.75, 3.05) is 5.32 Å². The largest absolute Gasteiger partial charge is 0.354 e. The molecule has 0 bridgehead atoms. The first-order valence-corrected chi connectivity index (χ1v) is 6.88. The van der Waals surface area contributed by atoms with Crippen molar-refractivity contribution in [2.45, 2.75) is 0 Å². The molecule has 0 aliphatic carbocycles. The van der Waals surface area contributed by atoms with Crippen molar-refractivity contribution in [1.29, 1.82) is 0 Å². The standard InChI is InChI=1S/C18H14ClN/c19-16-11-5-7-13-18(16)20-17-12-6-4-10-15(17)14-8-2-1-3-9-14/h1-13,20H. The van der Waals surface area contributed by atoms with E-state index in [1.807, 2.05) is 54.6 Å². The highest BCUT2D eigenvalue weighted by atomic mass is 35.5. The highest BCUT2D eigenvalue weighted by molar-refractivity contribution is 6.33. The van der Waals surface area contributed by atoms with Gasteiger partial charge in [-0.3, -0.25) is 0 Å². The van der Waals surface area contributed by atoms with E-state index in [9.17, 15) is 0 Å². The molecule has 0 saturated heterocycles. The SMILES string of the molecule is Clc1ccccc1Nc1ccccc1-c1ccccc1. The molecule has 0 saturated carbocycles. The minimum Gasteiger partial charge on any atom is -0.354 e. The summed E-state index contributed by atoms with van der Waals surface area (Å²) < 4.78 is 0. The molecule has 0 fully saturated rings. The topological polar surface area (TPSA) is 12.0 Å². The van der Waals surface area contributed by atoms with E-state index in [-0.39, 0.29) is 0 Å². The smallest absolute Gasteiger partial charge is 0.0640 e. The van der Waals surface area contributed by atoms with Crippen LogP contribution in [0.3, 0.4) is 0 Å². The van der Waals surface area contributed by atoms with Gasteiger partial charge >= 0.3 is 0 Å². The number of para-hydroxylation sites is 2. The Hall–Kier alpha value is -2.25. The molecule has 0 amide bonds. The molecule has 0 aromatic heterocycles. The van der Waals surface area contributed by atoms with Gasteiger partial charge in [0, 0.05) is 11.3 Å². The molecule has 0 radical (unpaired) electrons. The van der Waals surface area contributed by atoms with Crippen molar-refractivity contribution in [3.8, 4) is 11.1 Å². The first-order valence-electron chi connectivity index (χ1n) is 6.50. The van der Waals surface area contributed by atoms with Gasteiger partial charge < -0.3 is 5.32 Å². The van der Waals surface area contributed by atoms with E-state index < -0.39 is 0 Å². The Balaban J connectivity index is 2.01. The molecule has 0 aliphatic heterocycles. The van der Waals surface area contributed by atoms with Gasteiger partial charge in [0.25, 0.3) is 0 Å².